The predicted octanol–water partition coefficient (Wildman–Crippen LogP) is 3.73. The number of hydrogen-bond donors (Lipinski definition) is 0. The summed E-state index contributed by atoms with van der Waals surface area (Å²) < 4.78 is 1.87. The van der Waals surface area contributed by atoms with E-state index < -0.39 is 0 Å². The molecule has 0 saturated heterocycles. The second kappa shape index (κ2) is 3.86. The number of nitrogens with zero attached hydrogens (tertiary/aromatic N) is 2. The van der Waals surface area contributed by atoms with E-state index in [1.807, 2.05) is 11.4 Å². The maximum absolute atomic E-state index is 4.18. The minimum atomic E-state index is 0.801. The van der Waals surface area contributed by atoms with Gasteiger partial charge in [0.25, 0.3) is 0 Å². The van der Waals surface area contributed by atoms with Gasteiger partial charge in [0.05, 0.1) is 5.69 Å². The van der Waals surface area contributed by atoms with Gasteiger partial charge in [-0.15, -0.1) is 0 Å². The zero-order chi connectivity index (χ0) is 9.26. The maximum atomic E-state index is 4.18. The summed E-state index contributed by atoms with van der Waals surface area (Å²) in [6.07, 6.45) is 1.55. The molecule has 13 heavy (non-hydrogen) atoms. The first-order chi connectivity index (χ1) is 6.27. The van der Waals surface area contributed by atoms with Crippen LogP contribution in [0.4, 0.5) is 0 Å². The minimum Gasteiger partial charge on any atom is -0.236 e. The lowest BCUT2D eigenvalue weighted by Crippen LogP contribution is -1.83. The molecular formula is C8H4Br2N2S. The molecule has 2 aromatic heterocycles. The summed E-state index contributed by atoms with van der Waals surface area (Å²) >= 11 is 8.42. The molecule has 5 heteroatoms. The fourth-order valence-corrected chi connectivity index (χ4v) is 2.74. The summed E-state index contributed by atoms with van der Waals surface area (Å²) in [5.74, 6) is 0. The Morgan fingerprint density at radius 1 is 1.15 bits per heavy atom. The Balaban J connectivity index is 2.53. The van der Waals surface area contributed by atoms with Crippen LogP contribution in [0.25, 0.3) is 11.3 Å². The zero-order valence-electron chi connectivity index (χ0n) is 6.37. The average molecular weight is 320 g/mol. The molecule has 0 atom stereocenters. The smallest absolute Gasteiger partial charge is 0.117 e. The first kappa shape index (κ1) is 9.30. The lowest BCUT2D eigenvalue weighted by molar-refractivity contribution is 1.14. The summed E-state index contributed by atoms with van der Waals surface area (Å²) in [6, 6.07) is 1.90. The van der Waals surface area contributed by atoms with E-state index in [4.69, 9.17) is 0 Å². The van der Waals surface area contributed by atoms with Gasteiger partial charge in [-0.1, -0.05) is 0 Å². The summed E-state index contributed by atoms with van der Waals surface area (Å²) in [5.41, 5.74) is 2.03. The standard InChI is InChI=1S/C8H4Br2N2S/c9-6-3-13-2-5(6)7-1-8(10)12-4-11-7/h1-4H. The van der Waals surface area contributed by atoms with Crippen LogP contribution in [0.3, 0.4) is 0 Å². The lowest BCUT2D eigenvalue weighted by atomic mass is 10.2. The van der Waals surface area contributed by atoms with Gasteiger partial charge in [-0.05, 0) is 37.9 Å². The van der Waals surface area contributed by atoms with Crippen LogP contribution in [0.5, 0.6) is 0 Å². The Kier molecular flexibility index (Phi) is 2.76. The van der Waals surface area contributed by atoms with Crippen molar-refractivity contribution in [2.24, 2.45) is 0 Å². The monoisotopic (exact) mass is 318 g/mol. The van der Waals surface area contributed by atoms with Crippen LogP contribution in [0.2, 0.25) is 0 Å². The molecule has 0 unspecified atom stereocenters. The third-order valence-corrected chi connectivity index (χ3v) is 3.66. The van der Waals surface area contributed by atoms with Crippen molar-refractivity contribution in [1.29, 1.82) is 0 Å². The highest BCUT2D eigenvalue weighted by atomic mass is 79.9. The number of hydrogen-bond acceptors (Lipinski definition) is 3. The zero-order valence-corrected chi connectivity index (χ0v) is 10.4. The number of aromatic nitrogens is 2. The topological polar surface area (TPSA) is 25.8 Å². The molecule has 0 aliphatic heterocycles. The van der Waals surface area contributed by atoms with E-state index in [2.05, 4.69) is 47.2 Å². The van der Waals surface area contributed by atoms with Crippen molar-refractivity contribution in [3.63, 3.8) is 0 Å². The maximum Gasteiger partial charge on any atom is 0.117 e. The predicted molar refractivity (Wildman–Crippen MR) is 60.7 cm³/mol. The van der Waals surface area contributed by atoms with Gasteiger partial charge >= 0.3 is 0 Å². The fourth-order valence-electron chi connectivity index (χ4n) is 0.945. The normalized spacial score (nSPS) is 10.3. The summed E-state index contributed by atoms with van der Waals surface area (Å²) in [5, 5.41) is 4.09. The molecule has 2 heterocycles. The molecule has 0 aromatic carbocycles. The van der Waals surface area contributed by atoms with Crippen LogP contribution < -0.4 is 0 Å². The van der Waals surface area contributed by atoms with Crippen LogP contribution in [-0.2, 0) is 0 Å². The Morgan fingerprint density at radius 3 is 2.62 bits per heavy atom. The average Bonchev–Trinajstić information content (AvgIpc) is 2.51. The van der Waals surface area contributed by atoms with Gasteiger partial charge < -0.3 is 0 Å². The first-order valence-corrected chi connectivity index (χ1v) is 6.00. The van der Waals surface area contributed by atoms with E-state index in [0.29, 0.717) is 0 Å². The Hall–Kier alpha value is -0.260. The van der Waals surface area contributed by atoms with Crippen molar-refractivity contribution in [2.45, 2.75) is 0 Å². The van der Waals surface area contributed by atoms with Crippen molar-refractivity contribution in [1.82, 2.24) is 9.97 Å². The molecule has 0 spiro atoms. The van der Waals surface area contributed by atoms with Crippen molar-refractivity contribution in [3.8, 4) is 11.3 Å². The van der Waals surface area contributed by atoms with Gasteiger partial charge in [-0.3, -0.25) is 0 Å². The van der Waals surface area contributed by atoms with Crippen LogP contribution in [0.15, 0.2) is 32.2 Å². The van der Waals surface area contributed by atoms with Crippen molar-refractivity contribution in [2.75, 3.05) is 0 Å². The molecule has 0 amide bonds. The van der Waals surface area contributed by atoms with Gasteiger partial charge in [-0.25, -0.2) is 9.97 Å². The quantitative estimate of drug-likeness (QED) is 0.748. The SMILES string of the molecule is Brc1cc(-c2cscc2Br)ncn1. The van der Waals surface area contributed by atoms with E-state index in [-0.39, 0.29) is 0 Å². The van der Waals surface area contributed by atoms with Crippen molar-refractivity contribution < 1.29 is 0 Å². The summed E-state index contributed by atoms with van der Waals surface area (Å²) in [6.45, 7) is 0. The third kappa shape index (κ3) is 1.98. The highest BCUT2D eigenvalue weighted by molar-refractivity contribution is 9.10. The molecular weight excluding hydrogens is 316 g/mol. The van der Waals surface area contributed by atoms with Gasteiger partial charge in [-0.2, -0.15) is 11.3 Å². The number of halogens is 2. The van der Waals surface area contributed by atoms with Crippen molar-refractivity contribution >= 4 is 43.2 Å². The molecule has 66 valence electrons. The molecule has 2 aromatic rings. The van der Waals surface area contributed by atoms with Crippen molar-refractivity contribution in [3.05, 3.63) is 32.2 Å². The first-order valence-electron chi connectivity index (χ1n) is 3.47. The van der Waals surface area contributed by atoms with Crippen LogP contribution >= 0.6 is 43.2 Å². The van der Waals surface area contributed by atoms with Crippen LogP contribution in [0, 0.1) is 0 Å². The molecule has 0 bridgehead atoms. The highest BCUT2D eigenvalue weighted by Crippen LogP contribution is 2.30. The van der Waals surface area contributed by atoms with Gasteiger partial charge in [0.2, 0.25) is 0 Å². The summed E-state index contributed by atoms with van der Waals surface area (Å²) in [7, 11) is 0. The number of thiophene rings is 1. The fraction of sp³-hybridized carbons (Fsp3) is 0. The lowest BCUT2D eigenvalue weighted by Gasteiger charge is -1.97. The summed E-state index contributed by atoms with van der Waals surface area (Å²) in [4.78, 5) is 8.15. The third-order valence-electron chi connectivity index (χ3n) is 1.52. The molecule has 2 rings (SSSR count). The van der Waals surface area contributed by atoms with E-state index in [0.717, 1.165) is 20.3 Å². The van der Waals surface area contributed by atoms with E-state index in [1.54, 1.807) is 17.7 Å². The van der Waals surface area contributed by atoms with Gasteiger partial charge in [0.1, 0.15) is 10.9 Å². The Bertz CT molecular complexity index is 428. The van der Waals surface area contributed by atoms with Crippen LogP contribution in [-0.4, -0.2) is 9.97 Å². The molecule has 0 N–H and O–H groups in total. The van der Waals surface area contributed by atoms with E-state index in [9.17, 15) is 0 Å². The molecule has 0 fully saturated rings. The minimum absolute atomic E-state index is 0.801. The highest BCUT2D eigenvalue weighted by Gasteiger charge is 2.05. The second-order valence-corrected chi connectivity index (χ2v) is 4.77. The molecule has 0 aliphatic carbocycles. The molecule has 0 saturated carbocycles. The molecule has 2 nitrogen and oxygen atoms in total. The Labute approximate surface area is 96.3 Å². The van der Waals surface area contributed by atoms with Gasteiger partial charge in [0.15, 0.2) is 0 Å². The Morgan fingerprint density at radius 2 is 2.00 bits per heavy atom. The van der Waals surface area contributed by atoms with E-state index in [1.165, 1.54) is 0 Å². The molecule has 0 aliphatic rings. The van der Waals surface area contributed by atoms with Gasteiger partial charge in [0, 0.05) is 20.8 Å². The molecule has 0 radical (unpaired) electrons. The van der Waals surface area contributed by atoms with E-state index >= 15 is 0 Å². The van der Waals surface area contributed by atoms with Crippen LogP contribution in [0.1, 0.15) is 0 Å². The largest absolute Gasteiger partial charge is 0.236 e. The second-order valence-electron chi connectivity index (χ2n) is 2.36. The number of rotatable bonds is 1.